The molecule has 17 heavy (non-hydrogen) atoms. The first-order valence-electron chi connectivity index (χ1n) is 5.95. The summed E-state index contributed by atoms with van der Waals surface area (Å²) in [5.74, 6) is 0.297. The van der Waals surface area contributed by atoms with Gasteiger partial charge in [0.15, 0.2) is 0 Å². The normalized spacial score (nSPS) is 22.3. The lowest BCUT2D eigenvalue weighted by Gasteiger charge is -2.27. The molecule has 0 aromatic rings. The molecule has 1 aliphatic heterocycles. The summed E-state index contributed by atoms with van der Waals surface area (Å²) >= 11 is 0. The zero-order chi connectivity index (χ0) is 12.9. The molecule has 0 aliphatic carbocycles. The molecule has 0 radical (unpaired) electrons. The van der Waals surface area contributed by atoms with Crippen LogP contribution in [0.3, 0.4) is 0 Å². The molecule has 2 N–H and O–H groups in total. The van der Waals surface area contributed by atoms with E-state index >= 15 is 0 Å². The smallest absolute Gasteiger partial charge is 0.279 e. The number of nitrogens with one attached hydrogen (secondary N) is 2. The van der Waals surface area contributed by atoms with Gasteiger partial charge in [0, 0.05) is 33.2 Å². The lowest BCUT2D eigenvalue weighted by Crippen LogP contribution is -2.48. The summed E-state index contributed by atoms with van der Waals surface area (Å²) in [5.41, 5.74) is 0. The molecule has 1 aliphatic rings. The van der Waals surface area contributed by atoms with Gasteiger partial charge < -0.3 is 10.1 Å². The maximum atomic E-state index is 11.8. The van der Waals surface area contributed by atoms with Crippen LogP contribution >= 0.6 is 0 Å². The van der Waals surface area contributed by atoms with E-state index < -0.39 is 10.2 Å². The summed E-state index contributed by atoms with van der Waals surface area (Å²) in [6.07, 6.45) is -0.0654. The lowest BCUT2D eigenvalue weighted by molar-refractivity contribution is 0.0205. The first-order chi connectivity index (χ1) is 7.92. The van der Waals surface area contributed by atoms with Gasteiger partial charge in [-0.3, -0.25) is 0 Å². The second-order valence-electron chi connectivity index (χ2n) is 4.72. The third-order valence-electron chi connectivity index (χ3n) is 2.55. The van der Waals surface area contributed by atoms with Crippen LogP contribution in [0.2, 0.25) is 0 Å². The Morgan fingerprint density at radius 3 is 2.76 bits per heavy atom. The van der Waals surface area contributed by atoms with E-state index in [2.05, 4.69) is 10.0 Å². The van der Waals surface area contributed by atoms with Gasteiger partial charge in [-0.15, -0.1) is 0 Å². The maximum Gasteiger partial charge on any atom is 0.279 e. The van der Waals surface area contributed by atoms with E-state index in [4.69, 9.17) is 4.74 Å². The van der Waals surface area contributed by atoms with Crippen LogP contribution in [0.25, 0.3) is 0 Å². The van der Waals surface area contributed by atoms with Gasteiger partial charge in [-0.05, 0) is 5.92 Å². The lowest BCUT2D eigenvalue weighted by atomic mass is 10.2. The van der Waals surface area contributed by atoms with E-state index in [1.807, 2.05) is 13.8 Å². The molecule has 1 saturated heterocycles. The highest BCUT2D eigenvalue weighted by atomic mass is 32.2. The molecule has 0 aromatic heterocycles. The number of likely N-dealkylation sites (N-methyl/N-ethyl adjacent to an activating group) is 1. The Morgan fingerprint density at radius 1 is 1.53 bits per heavy atom. The van der Waals surface area contributed by atoms with Gasteiger partial charge >= 0.3 is 0 Å². The van der Waals surface area contributed by atoms with Crippen LogP contribution in [-0.4, -0.2) is 58.7 Å². The van der Waals surface area contributed by atoms with E-state index in [0.29, 0.717) is 32.2 Å². The number of nitrogens with zero attached hydrogens (tertiary/aromatic N) is 1. The number of morpholine rings is 1. The Hall–Kier alpha value is -0.210. The van der Waals surface area contributed by atoms with Gasteiger partial charge in [0.2, 0.25) is 0 Å². The first kappa shape index (κ1) is 14.8. The highest BCUT2D eigenvalue weighted by Gasteiger charge is 2.23. The third kappa shape index (κ3) is 5.31. The van der Waals surface area contributed by atoms with Crippen molar-refractivity contribution in [2.24, 2.45) is 5.92 Å². The van der Waals surface area contributed by atoms with Crippen molar-refractivity contribution in [2.45, 2.75) is 20.0 Å². The summed E-state index contributed by atoms with van der Waals surface area (Å²) in [7, 11) is -1.81. The quantitative estimate of drug-likeness (QED) is 0.672. The van der Waals surface area contributed by atoms with Crippen LogP contribution in [0.5, 0.6) is 0 Å². The van der Waals surface area contributed by atoms with Crippen molar-refractivity contribution < 1.29 is 13.2 Å². The second kappa shape index (κ2) is 6.65. The van der Waals surface area contributed by atoms with Crippen LogP contribution in [0.15, 0.2) is 0 Å². The van der Waals surface area contributed by atoms with Crippen molar-refractivity contribution in [3.63, 3.8) is 0 Å². The van der Waals surface area contributed by atoms with Gasteiger partial charge in [0.1, 0.15) is 0 Å². The molecule has 102 valence electrons. The monoisotopic (exact) mass is 265 g/mol. The summed E-state index contributed by atoms with van der Waals surface area (Å²) in [5, 5.41) is 3.17. The Morgan fingerprint density at radius 2 is 2.24 bits per heavy atom. The van der Waals surface area contributed by atoms with Crippen LogP contribution in [0, 0.1) is 5.92 Å². The Balaban J connectivity index is 2.41. The molecule has 6 nitrogen and oxygen atoms in total. The Labute approximate surface area is 104 Å². The van der Waals surface area contributed by atoms with Crippen molar-refractivity contribution in [3.8, 4) is 0 Å². The fourth-order valence-corrected chi connectivity index (χ4v) is 2.63. The molecule has 1 heterocycles. The van der Waals surface area contributed by atoms with Crippen molar-refractivity contribution in [1.29, 1.82) is 0 Å². The maximum absolute atomic E-state index is 11.8. The summed E-state index contributed by atoms with van der Waals surface area (Å²) in [4.78, 5) is 0. The average molecular weight is 265 g/mol. The second-order valence-corrected chi connectivity index (χ2v) is 6.59. The van der Waals surface area contributed by atoms with Crippen LogP contribution in [0.1, 0.15) is 13.8 Å². The summed E-state index contributed by atoms with van der Waals surface area (Å²) in [6, 6.07) is 0. The molecule has 1 fully saturated rings. The molecule has 1 unspecified atom stereocenters. The minimum Gasteiger partial charge on any atom is -0.374 e. The van der Waals surface area contributed by atoms with E-state index in [-0.39, 0.29) is 6.10 Å². The largest absolute Gasteiger partial charge is 0.374 e. The molecule has 0 saturated carbocycles. The van der Waals surface area contributed by atoms with E-state index in [9.17, 15) is 8.42 Å². The van der Waals surface area contributed by atoms with E-state index in [1.54, 1.807) is 7.05 Å². The molecular weight excluding hydrogens is 242 g/mol. The van der Waals surface area contributed by atoms with Gasteiger partial charge in [0.25, 0.3) is 10.2 Å². The predicted octanol–water partition coefficient (Wildman–Crippen LogP) is -0.603. The molecule has 0 bridgehead atoms. The topological polar surface area (TPSA) is 70.7 Å². The Kier molecular flexibility index (Phi) is 5.81. The molecular formula is C10H23N3O3S. The van der Waals surface area contributed by atoms with Crippen molar-refractivity contribution in [1.82, 2.24) is 14.3 Å². The first-order valence-corrected chi connectivity index (χ1v) is 7.39. The fourth-order valence-electron chi connectivity index (χ4n) is 1.50. The van der Waals surface area contributed by atoms with Gasteiger partial charge in [-0.25, -0.2) is 4.72 Å². The number of rotatable bonds is 6. The number of ether oxygens (including phenoxy) is 1. The van der Waals surface area contributed by atoms with Crippen molar-refractivity contribution >= 4 is 10.2 Å². The average Bonchev–Trinajstić information content (AvgIpc) is 2.28. The van der Waals surface area contributed by atoms with E-state index in [0.717, 1.165) is 6.54 Å². The molecule has 1 rings (SSSR count). The van der Waals surface area contributed by atoms with E-state index in [1.165, 1.54) is 4.31 Å². The predicted molar refractivity (Wildman–Crippen MR) is 67.0 cm³/mol. The fraction of sp³-hybridized carbons (Fsp3) is 1.00. The highest BCUT2D eigenvalue weighted by Crippen LogP contribution is 2.02. The van der Waals surface area contributed by atoms with Crippen LogP contribution < -0.4 is 10.0 Å². The van der Waals surface area contributed by atoms with Gasteiger partial charge in [-0.2, -0.15) is 12.7 Å². The zero-order valence-corrected chi connectivity index (χ0v) is 11.6. The van der Waals surface area contributed by atoms with Crippen molar-refractivity contribution in [3.05, 3.63) is 0 Å². The third-order valence-corrected chi connectivity index (χ3v) is 4.05. The zero-order valence-electron chi connectivity index (χ0n) is 10.8. The minimum atomic E-state index is -3.38. The Bertz CT molecular complexity index is 313. The molecule has 0 aromatic carbocycles. The number of hydrogen-bond acceptors (Lipinski definition) is 4. The van der Waals surface area contributed by atoms with Crippen LogP contribution in [-0.2, 0) is 14.9 Å². The standard InChI is InChI=1S/C10H23N3O3S/c1-9(2)6-12-17(14,15)13(3)8-10-7-11-4-5-16-10/h9-12H,4-8H2,1-3H3. The summed E-state index contributed by atoms with van der Waals surface area (Å²) in [6.45, 7) is 6.94. The molecule has 7 heteroatoms. The molecule has 0 amide bonds. The van der Waals surface area contributed by atoms with Gasteiger partial charge in [-0.1, -0.05) is 13.8 Å². The molecule has 1 atom stereocenters. The van der Waals surface area contributed by atoms with Crippen LogP contribution in [0.4, 0.5) is 0 Å². The highest BCUT2D eigenvalue weighted by molar-refractivity contribution is 7.87. The molecule has 0 spiro atoms. The SMILES string of the molecule is CC(C)CNS(=O)(=O)N(C)CC1CNCCO1. The minimum absolute atomic E-state index is 0.0654. The van der Waals surface area contributed by atoms with Crippen molar-refractivity contribution in [2.75, 3.05) is 39.8 Å². The van der Waals surface area contributed by atoms with Gasteiger partial charge in [0.05, 0.1) is 12.7 Å². The number of hydrogen-bond donors (Lipinski definition) is 2. The summed E-state index contributed by atoms with van der Waals surface area (Å²) < 4.78 is 33.1.